The second kappa shape index (κ2) is 7.43. The zero-order chi connectivity index (χ0) is 9.40. The molecule has 72 valence electrons. The molecule has 0 atom stereocenters. The van der Waals surface area contributed by atoms with Gasteiger partial charge in [-0.2, -0.15) is 0 Å². The monoisotopic (exact) mass is 190 g/mol. The number of ether oxygens (including phenoxy) is 1. The van der Waals surface area contributed by atoms with Crippen LogP contribution in [0.2, 0.25) is 0 Å². The fourth-order valence-corrected chi connectivity index (χ4v) is 1.23. The standard InChI is InChI=1S/C8H18N2OS/c1-7(2)6-12-8(9)10-4-5-11-3/h7H,4-6H2,1-3H3,(H2,9,10). The van der Waals surface area contributed by atoms with Crippen molar-refractivity contribution in [1.82, 2.24) is 0 Å². The van der Waals surface area contributed by atoms with Crippen LogP contribution in [0, 0.1) is 5.92 Å². The molecule has 3 nitrogen and oxygen atoms in total. The third kappa shape index (κ3) is 7.88. The fourth-order valence-electron chi connectivity index (χ4n) is 0.545. The molecule has 0 spiro atoms. The number of rotatable bonds is 5. The smallest absolute Gasteiger partial charge is 0.153 e. The van der Waals surface area contributed by atoms with E-state index in [1.54, 1.807) is 18.9 Å². The third-order valence-corrected chi connectivity index (χ3v) is 2.39. The van der Waals surface area contributed by atoms with Gasteiger partial charge in [0.2, 0.25) is 0 Å². The molecule has 0 heterocycles. The van der Waals surface area contributed by atoms with E-state index < -0.39 is 0 Å². The largest absolute Gasteiger partial charge is 0.383 e. The zero-order valence-electron chi connectivity index (χ0n) is 8.04. The maximum atomic E-state index is 5.62. The quantitative estimate of drug-likeness (QED) is 0.404. The van der Waals surface area contributed by atoms with E-state index >= 15 is 0 Å². The van der Waals surface area contributed by atoms with E-state index in [-0.39, 0.29) is 0 Å². The Morgan fingerprint density at radius 3 is 2.75 bits per heavy atom. The van der Waals surface area contributed by atoms with Gasteiger partial charge < -0.3 is 10.5 Å². The van der Waals surface area contributed by atoms with Crippen molar-refractivity contribution in [2.75, 3.05) is 26.0 Å². The normalized spacial score (nSPS) is 12.5. The first-order valence-electron chi connectivity index (χ1n) is 4.08. The minimum atomic E-state index is 0.642. The van der Waals surface area contributed by atoms with Gasteiger partial charge in [-0.25, -0.2) is 0 Å². The number of aliphatic imine (C=N–C) groups is 1. The highest BCUT2D eigenvalue weighted by Crippen LogP contribution is 2.06. The third-order valence-electron chi connectivity index (χ3n) is 1.13. The van der Waals surface area contributed by atoms with Crippen molar-refractivity contribution >= 4 is 16.9 Å². The number of nitrogens with two attached hydrogens (primary N) is 1. The van der Waals surface area contributed by atoms with E-state index in [1.807, 2.05) is 0 Å². The van der Waals surface area contributed by atoms with Crippen LogP contribution in [-0.2, 0) is 4.74 Å². The Morgan fingerprint density at radius 2 is 2.25 bits per heavy atom. The highest BCUT2D eigenvalue weighted by molar-refractivity contribution is 8.13. The number of nitrogens with zero attached hydrogens (tertiary/aromatic N) is 1. The lowest BCUT2D eigenvalue weighted by atomic mass is 10.3. The Labute approximate surface area is 78.8 Å². The predicted octanol–water partition coefficient (Wildman–Crippen LogP) is 1.34. The molecule has 0 aromatic rings. The van der Waals surface area contributed by atoms with Crippen molar-refractivity contribution < 1.29 is 4.74 Å². The molecule has 0 aliphatic carbocycles. The SMILES string of the molecule is COCCN=C(N)SCC(C)C. The summed E-state index contributed by atoms with van der Waals surface area (Å²) in [4.78, 5) is 4.12. The minimum Gasteiger partial charge on any atom is -0.383 e. The van der Waals surface area contributed by atoms with Gasteiger partial charge in [-0.1, -0.05) is 25.6 Å². The van der Waals surface area contributed by atoms with Crippen molar-refractivity contribution in [2.45, 2.75) is 13.8 Å². The van der Waals surface area contributed by atoms with Crippen molar-refractivity contribution in [2.24, 2.45) is 16.6 Å². The van der Waals surface area contributed by atoms with E-state index in [1.165, 1.54) is 0 Å². The molecule has 12 heavy (non-hydrogen) atoms. The average Bonchev–Trinajstić information content (AvgIpc) is 2.01. The van der Waals surface area contributed by atoms with E-state index in [0.717, 1.165) is 5.75 Å². The summed E-state index contributed by atoms with van der Waals surface area (Å²) in [5, 5.41) is 0.667. The summed E-state index contributed by atoms with van der Waals surface area (Å²) in [5.41, 5.74) is 5.62. The van der Waals surface area contributed by atoms with Crippen LogP contribution in [0.25, 0.3) is 0 Å². The van der Waals surface area contributed by atoms with Gasteiger partial charge in [0, 0.05) is 12.9 Å². The molecule has 4 heteroatoms. The Bertz CT molecular complexity index is 137. The van der Waals surface area contributed by atoms with Gasteiger partial charge in [-0.15, -0.1) is 0 Å². The molecule has 0 fully saturated rings. The molecule has 0 aliphatic heterocycles. The molecule has 0 radical (unpaired) electrons. The summed E-state index contributed by atoms with van der Waals surface area (Å²) in [6.07, 6.45) is 0. The fraction of sp³-hybridized carbons (Fsp3) is 0.875. The van der Waals surface area contributed by atoms with Crippen LogP contribution in [0.15, 0.2) is 4.99 Å². The van der Waals surface area contributed by atoms with Crippen molar-refractivity contribution in [3.05, 3.63) is 0 Å². The second-order valence-electron chi connectivity index (χ2n) is 2.92. The number of hydrogen-bond acceptors (Lipinski definition) is 3. The van der Waals surface area contributed by atoms with Gasteiger partial charge in [-0.3, -0.25) is 4.99 Å². The van der Waals surface area contributed by atoms with Crippen LogP contribution < -0.4 is 5.73 Å². The van der Waals surface area contributed by atoms with E-state index in [0.29, 0.717) is 24.2 Å². The van der Waals surface area contributed by atoms with E-state index in [4.69, 9.17) is 10.5 Å². The highest BCUT2D eigenvalue weighted by atomic mass is 32.2. The number of methoxy groups -OCH3 is 1. The first kappa shape index (κ1) is 11.8. The van der Waals surface area contributed by atoms with Crippen LogP contribution in [0.5, 0.6) is 0 Å². The lowest BCUT2D eigenvalue weighted by Gasteiger charge is -2.03. The van der Waals surface area contributed by atoms with Gasteiger partial charge in [0.05, 0.1) is 13.2 Å². The second-order valence-corrected chi connectivity index (χ2v) is 3.96. The first-order chi connectivity index (χ1) is 5.66. The van der Waals surface area contributed by atoms with Crippen LogP contribution in [-0.4, -0.2) is 31.2 Å². The van der Waals surface area contributed by atoms with Crippen molar-refractivity contribution in [3.63, 3.8) is 0 Å². The van der Waals surface area contributed by atoms with Crippen LogP contribution in [0.1, 0.15) is 13.8 Å². The molecule has 0 aliphatic rings. The summed E-state index contributed by atoms with van der Waals surface area (Å²) >= 11 is 1.61. The highest BCUT2D eigenvalue weighted by Gasteiger charge is 1.96. The van der Waals surface area contributed by atoms with Crippen LogP contribution >= 0.6 is 11.8 Å². The summed E-state index contributed by atoms with van der Waals surface area (Å²) < 4.78 is 4.85. The van der Waals surface area contributed by atoms with Gasteiger partial charge in [0.15, 0.2) is 5.17 Å². The molecule has 0 rings (SSSR count). The maximum absolute atomic E-state index is 5.62. The Balaban J connectivity index is 3.42. The molecule has 0 saturated carbocycles. The van der Waals surface area contributed by atoms with Gasteiger partial charge in [0.1, 0.15) is 0 Å². The number of thioether (sulfide) groups is 1. The Morgan fingerprint density at radius 1 is 1.58 bits per heavy atom. The molecule has 0 aromatic carbocycles. The van der Waals surface area contributed by atoms with E-state index in [9.17, 15) is 0 Å². The van der Waals surface area contributed by atoms with Crippen molar-refractivity contribution in [3.8, 4) is 0 Å². The van der Waals surface area contributed by atoms with E-state index in [2.05, 4.69) is 18.8 Å². The molecule has 0 saturated heterocycles. The van der Waals surface area contributed by atoms with Crippen molar-refractivity contribution in [1.29, 1.82) is 0 Å². The molecular weight excluding hydrogens is 172 g/mol. The topological polar surface area (TPSA) is 47.6 Å². The van der Waals surface area contributed by atoms with Crippen LogP contribution in [0.3, 0.4) is 0 Å². The average molecular weight is 190 g/mol. The Kier molecular flexibility index (Phi) is 7.29. The summed E-state index contributed by atoms with van der Waals surface area (Å²) in [6.45, 7) is 5.63. The van der Waals surface area contributed by atoms with Crippen LogP contribution in [0.4, 0.5) is 0 Å². The molecule has 0 aromatic heterocycles. The predicted molar refractivity (Wildman–Crippen MR) is 55.7 cm³/mol. The minimum absolute atomic E-state index is 0.642. The first-order valence-corrected chi connectivity index (χ1v) is 5.07. The molecule has 0 unspecified atom stereocenters. The molecule has 0 bridgehead atoms. The van der Waals surface area contributed by atoms with Gasteiger partial charge in [-0.05, 0) is 5.92 Å². The number of amidine groups is 1. The summed E-state index contributed by atoms with van der Waals surface area (Å²) in [5.74, 6) is 1.69. The lowest BCUT2D eigenvalue weighted by Crippen LogP contribution is -2.11. The Hall–Kier alpha value is -0.220. The van der Waals surface area contributed by atoms with Gasteiger partial charge >= 0.3 is 0 Å². The molecule has 0 amide bonds. The number of hydrogen-bond donors (Lipinski definition) is 1. The van der Waals surface area contributed by atoms with Gasteiger partial charge in [0.25, 0.3) is 0 Å². The lowest BCUT2D eigenvalue weighted by molar-refractivity contribution is 0.208. The summed E-state index contributed by atoms with van der Waals surface area (Å²) in [6, 6.07) is 0. The summed E-state index contributed by atoms with van der Waals surface area (Å²) in [7, 11) is 1.66. The molecule has 2 N–H and O–H groups in total. The maximum Gasteiger partial charge on any atom is 0.153 e. The molecular formula is C8H18N2OS. The zero-order valence-corrected chi connectivity index (χ0v) is 8.86.